The molecule has 0 aliphatic heterocycles. The van der Waals surface area contributed by atoms with Crippen LogP contribution in [-0.4, -0.2) is 30.9 Å². The minimum atomic E-state index is -0.101. The van der Waals surface area contributed by atoms with Gasteiger partial charge in [-0.15, -0.1) is 11.3 Å². The molecule has 144 valence electrons. The molecule has 5 nitrogen and oxygen atoms in total. The highest BCUT2D eigenvalue weighted by Gasteiger charge is 2.21. The van der Waals surface area contributed by atoms with Crippen molar-refractivity contribution in [2.24, 2.45) is 0 Å². The van der Waals surface area contributed by atoms with E-state index < -0.39 is 0 Å². The van der Waals surface area contributed by atoms with Gasteiger partial charge in [0.1, 0.15) is 6.54 Å². The summed E-state index contributed by atoms with van der Waals surface area (Å²) in [5, 5.41) is 8.10. The lowest BCUT2D eigenvalue weighted by molar-refractivity contribution is -0.903. The van der Waals surface area contributed by atoms with E-state index in [4.69, 9.17) is 0 Å². The number of quaternary nitrogens is 1. The van der Waals surface area contributed by atoms with Crippen LogP contribution in [0.2, 0.25) is 0 Å². The lowest BCUT2D eigenvalue weighted by Gasteiger charge is -2.18. The number of amides is 2. The van der Waals surface area contributed by atoms with Crippen LogP contribution in [-0.2, 0) is 11.3 Å². The predicted octanol–water partition coefficient (Wildman–Crippen LogP) is 2.46. The Balaban J connectivity index is 1.60. The zero-order valence-corrected chi connectivity index (χ0v) is 16.6. The predicted molar refractivity (Wildman–Crippen MR) is 109 cm³/mol. The van der Waals surface area contributed by atoms with Crippen LogP contribution in [0.3, 0.4) is 0 Å². The maximum atomic E-state index is 12.6. The van der Waals surface area contributed by atoms with Gasteiger partial charge in [-0.3, -0.25) is 9.59 Å². The first-order valence-electron chi connectivity index (χ1n) is 9.71. The van der Waals surface area contributed by atoms with Crippen LogP contribution in [0.5, 0.6) is 0 Å². The van der Waals surface area contributed by atoms with Gasteiger partial charge in [0.25, 0.3) is 11.8 Å². The van der Waals surface area contributed by atoms with Gasteiger partial charge in [0, 0.05) is 6.04 Å². The molecule has 0 saturated heterocycles. The van der Waals surface area contributed by atoms with Crippen molar-refractivity contribution in [1.82, 2.24) is 5.32 Å². The third kappa shape index (κ3) is 5.65. The SMILES string of the molecule is CC[NH+](CC(=O)Nc1ccccc1C(=O)NC1CCCC1)Cc1cccs1. The molecule has 1 aliphatic carbocycles. The van der Waals surface area contributed by atoms with E-state index in [1.807, 2.05) is 18.2 Å². The van der Waals surface area contributed by atoms with Crippen LogP contribution in [0.4, 0.5) is 5.69 Å². The molecule has 27 heavy (non-hydrogen) atoms. The van der Waals surface area contributed by atoms with Crippen molar-refractivity contribution >= 4 is 28.8 Å². The van der Waals surface area contributed by atoms with Gasteiger partial charge in [-0.25, -0.2) is 0 Å². The molecule has 1 fully saturated rings. The topological polar surface area (TPSA) is 62.6 Å². The highest BCUT2D eigenvalue weighted by Crippen LogP contribution is 2.20. The molecule has 1 aromatic heterocycles. The van der Waals surface area contributed by atoms with Crippen molar-refractivity contribution in [2.75, 3.05) is 18.4 Å². The number of likely N-dealkylation sites (N-methyl/N-ethyl adjacent to an activating group) is 1. The summed E-state index contributed by atoms with van der Waals surface area (Å²) in [5.41, 5.74) is 1.12. The first kappa shape index (κ1) is 19.6. The van der Waals surface area contributed by atoms with Gasteiger partial charge in [0.2, 0.25) is 0 Å². The van der Waals surface area contributed by atoms with Crippen LogP contribution in [0.25, 0.3) is 0 Å². The van der Waals surface area contributed by atoms with Crippen LogP contribution < -0.4 is 15.5 Å². The second-order valence-electron chi connectivity index (χ2n) is 7.09. The molecule has 0 spiro atoms. The fourth-order valence-corrected chi connectivity index (χ4v) is 4.29. The Morgan fingerprint density at radius 1 is 1.15 bits per heavy atom. The quantitative estimate of drug-likeness (QED) is 0.653. The Labute approximate surface area is 164 Å². The van der Waals surface area contributed by atoms with Crippen molar-refractivity contribution in [3.05, 3.63) is 52.2 Å². The van der Waals surface area contributed by atoms with Gasteiger partial charge >= 0.3 is 0 Å². The van der Waals surface area contributed by atoms with E-state index in [9.17, 15) is 9.59 Å². The maximum absolute atomic E-state index is 12.6. The molecule has 1 atom stereocenters. The average molecular weight is 387 g/mol. The summed E-state index contributed by atoms with van der Waals surface area (Å²) >= 11 is 1.71. The van der Waals surface area contributed by atoms with Crippen molar-refractivity contribution in [3.8, 4) is 0 Å². The van der Waals surface area contributed by atoms with E-state index in [0.29, 0.717) is 17.8 Å². The third-order valence-electron chi connectivity index (χ3n) is 5.05. The Morgan fingerprint density at radius 2 is 1.93 bits per heavy atom. The molecular weight excluding hydrogens is 358 g/mol. The summed E-state index contributed by atoms with van der Waals surface area (Å²) in [6.07, 6.45) is 4.42. The Morgan fingerprint density at radius 3 is 2.63 bits per heavy atom. The highest BCUT2D eigenvalue weighted by molar-refractivity contribution is 7.09. The fourth-order valence-electron chi connectivity index (χ4n) is 3.52. The number of carbonyl (C=O) groups is 2. The van der Waals surface area contributed by atoms with Crippen molar-refractivity contribution < 1.29 is 14.5 Å². The first-order chi connectivity index (χ1) is 13.2. The number of hydrogen-bond donors (Lipinski definition) is 3. The normalized spacial score (nSPS) is 15.4. The van der Waals surface area contributed by atoms with Crippen molar-refractivity contribution in [2.45, 2.75) is 45.2 Å². The van der Waals surface area contributed by atoms with Crippen molar-refractivity contribution in [3.63, 3.8) is 0 Å². The van der Waals surface area contributed by atoms with Gasteiger partial charge in [0.05, 0.1) is 22.7 Å². The number of carbonyl (C=O) groups excluding carboxylic acids is 2. The van der Waals surface area contributed by atoms with Crippen molar-refractivity contribution in [1.29, 1.82) is 0 Å². The van der Waals surface area contributed by atoms with Crippen LogP contribution in [0, 0.1) is 0 Å². The summed E-state index contributed by atoms with van der Waals surface area (Å²) in [4.78, 5) is 27.7. The number of benzene rings is 1. The summed E-state index contributed by atoms with van der Waals surface area (Å²) < 4.78 is 0. The smallest absolute Gasteiger partial charge is 0.279 e. The van der Waals surface area contributed by atoms with E-state index in [1.54, 1.807) is 23.5 Å². The molecule has 1 heterocycles. The minimum Gasteiger partial charge on any atom is -0.349 e. The molecule has 3 N–H and O–H groups in total. The Kier molecular flexibility index (Phi) is 7.01. The maximum Gasteiger partial charge on any atom is 0.279 e. The van der Waals surface area contributed by atoms with Crippen LogP contribution in [0.15, 0.2) is 41.8 Å². The Bertz CT molecular complexity index is 755. The molecular formula is C21H28N3O2S+. The van der Waals surface area contributed by atoms with Crippen LogP contribution >= 0.6 is 11.3 Å². The van der Waals surface area contributed by atoms with Gasteiger partial charge in [-0.1, -0.05) is 31.0 Å². The second kappa shape index (κ2) is 9.67. The number of rotatable bonds is 8. The van der Waals surface area contributed by atoms with Gasteiger partial charge in [-0.2, -0.15) is 0 Å². The van der Waals surface area contributed by atoms with E-state index in [2.05, 4.69) is 29.0 Å². The lowest BCUT2D eigenvalue weighted by atomic mass is 10.1. The second-order valence-corrected chi connectivity index (χ2v) is 8.12. The Hall–Kier alpha value is -2.18. The summed E-state index contributed by atoms with van der Waals surface area (Å²) in [6, 6.07) is 11.6. The molecule has 1 unspecified atom stereocenters. The molecule has 6 heteroatoms. The highest BCUT2D eigenvalue weighted by atomic mass is 32.1. The molecule has 1 aromatic carbocycles. The van der Waals surface area contributed by atoms with E-state index in [-0.39, 0.29) is 17.9 Å². The number of anilines is 1. The zero-order chi connectivity index (χ0) is 19.1. The fraction of sp³-hybridized carbons (Fsp3) is 0.429. The molecule has 2 aromatic rings. The molecule has 0 bridgehead atoms. The average Bonchev–Trinajstić information content (AvgIpc) is 3.35. The number of nitrogens with one attached hydrogen (secondary N) is 3. The number of thiophene rings is 1. The molecule has 3 rings (SSSR count). The van der Waals surface area contributed by atoms with E-state index in [1.165, 1.54) is 22.6 Å². The summed E-state index contributed by atoms with van der Waals surface area (Å²) in [5.74, 6) is -0.166. The zero-order valence-electron chi connectivity index (χ0n) is 15.8. The lowest BCUT2D eigenvalue weighted by Crippen LogP contribution is -3.11. The minimum absolute atomic E-state index is 0.0653. The van der Waals surface area contributed by atoms with Crippen LogP contribution in [0.1, 0.15) is 47.8 Å². The molecule has 0 radical (unpaired) electrons. The largest absolute Gasteiger partial charge is 0.349 e. The van der Waals surface area contributed by atoms with Gasteiger partial charge < -0.3 is 15.5 Å². The first-order valence-corrected chi connectivity index (χ1v) is 10.6. The monoisotopic (exact) mass is 386 g/mol. The number of para-hydroxylation sites is 1. The molecule has 2 amide bonds. The molecule has 1 aliphatic rings. The van der Waals surface area contributed by atoms with Gasteiger partial charge in [-0.05, 0) is 43.3 Å². The third-order valence-corrected chi connectivity index (χ3v) is 5.93. The number of hydrogen-bond acceptors (Lipinski definition) is 3. The molecule has 1 saturated carbocycles. The summed E-state index contributed by atoms with van der Waals surface area (Å²) in [6.45, 7) is 4.17. The van der Waals surface area contributed by atoms with E-state index >= 15 is 0 Å². The standard InChI is InChI=1S/C21H27N3O2S/c1-2-24(14-17-10-7-13-27-17)15-20(25)23-19-12-6-5-11-18(19)21(26)22-16-8-3-4-9-16/h5-7,10-13,16H,2-4,8-9,14-15H2,1H3,(H,22,26)(H,23,25)/p+1. The summed E-state index contributed by atoms with van der Waals surface area (Å²) in [7, 11) is 0. The van der Waals surface area contributed by atoms with E-state index in [0.717, 1.165) is 25.9 Å². The van der Waals surface area contributed by atoms with Gasteiger partial charge in [0.15, 0.2) is 6.54 Å².